The molecule has 11 heteroatoms. The molecule has 0 amide bonds. The zero-order valence-electron chi connectivity index (χ0n) is 22.5. The average Bonchev–Trinajstić information content (AvgIpc) is 2.83. The van der Waals surface area contributed by atoms with E-state index >= 15 is 0 Å². The van der Waals surface area contributed by atoms with Crippen LogP contribution in [0.3, 0.4) is 0 Å². The van der Waals surface area contributed by atoms with E-state index < -0.39 is 29.9 Å². The highest BCUT2D eigenvalue weighted by atomic mass is 19.4. The second-order valence-corrected chi connectivity index (χ2v) is 9.84. The minimum atomic E-state index is -4.57. The van der Waals surface area contributed by atoms with Crippen LogP contribution in [0, 0.1) is 0 Å². The van der Waals surface area contributed by atoms with E-state index in [1.807, 2.05) is 6.08 Å². The highest BCUT2D eigenvalue weighted by Gasteiger charge is 2.33. The number of hydrogen-bond donors (Lipinski definition) is 4. The van der Waals surface area contributed by atoms with Crippen LogP contribution in [0.4, 0.5) is 32.0 Å². The number of hydrogen-bond acceptors (Lipinski definition) is 5. The molecule has 1 aliphatic heterocycles. The quantitative estimate of drug-likeness (QED) is 0.203. The SMILES string of the molecule is CC(C)N(CC1C=C(Nc2ccc(C(F)(F)F)cc2)/C(=C/C=C(\N)C/C(=C\C=C/N)C(F)(F)F)CN1)C(C)C. The summed E-state index contributed by atoms with van der Waals surface area (Å²) in [4.78, 5) is 2.30. The standard InChI is InChI=1S/C28H37F6N5/c1-18(2)39(19(3)4)17-25-15-26(38-24-11-8-21(9-12-24)27(29,30)31)20(16-37-25)7-10-23(36)14-22(6-5-13-35)28(32,33)34/h5-13,15,18-19,25,37-38H,14,16-17,35-36H2,1-4H3/b13-5-,20-7+,22-6+,23-10-. The van der Waals surface area contributed by atoms with Gasteiger partial charge in [0.1, 0.15) is 0 Å². The first-order valence-electron chi connectivity index (χ1n) is 12.6. The molecule has 0 radical (unpaired) electrons. The lowest BCUT2D eigenvalue weighted by molar-refractivity contribution is -0.137. The zero-order chi connectivity index (χ0) is 29.4. The third-order valence-corrected chi connectivity index (χ3v) is 6.16. The molecule has 1 heterocycles. The average molecular weight is 558 g/mol. The van der Waals surface area contributed by atoms with E-state index in [0.717, 1.165) is 30.5 Å². The molecule has 0 aliphatic carbocycles. The molecule has 0 fully saturated rings. The Balaban J connectivity index is 2.38. The zero-order valence-corrected chi connectivity index (χ0v) is 22.5. The van der Waals surface area contributed by atoms with Crippen LogP contribution in [0.1, 0.15) is 39.7 Å². The lowest BCUT2D eigenvalue weighted by atomic mass is 10.0. The fourth-order valence-electron chi connectivity index (χ4n) is 4.15. The second-order valence-electron chi connectivity index (χ2n) is 9.84. The summed E-state index contributed by atoms with van der Waals surface area (Å²) in [6.45, 7) is 9.45. The van der Waals surface area contributed by atoms with Crippen LogP contribution in [0.2, 0.25) is 0 Å². The molecule has 216 valence electrons. The monoisotopic (exact) mass is 557 g/mol. The van der Waals surface area contributed by atoms with Crippen molar-refractivity contribution in [2.24, 2.45) is 11.5 Å². The molecule has 1 unspecified atom stereocenters. The minimum absolute atomic E-state index is 0.0155. The van der Waals surface area contributed by atoms with Gasteiger partial charge in [0.2, 0.25) is 0 Å². The van der Waals surface area contributed by atoms with E-state index in [-0.39, 0.29) is 23.8 Å². The van der Waals surface area contributed by atoms with E-state index in [2.05, 4.69) is 43.2 Å². The molecule has 0 spiro atoms. The van der Waals surface area contributed by atoms with Crippen molar-refractivity contribution in [1.29, 1.82) is 0 Å². The second kappa shape index (κ2) is 13.7. The predicted octanol–water partition coefficient (Wildman–Crippen LogP) is 6.21. The highest BCUT2D eigenvalue weighted by molar-refractivity contribution is 5.56. The molecule has 0 saturated carbocycles. The molecule has 5 nitrogen and oxygen atoms in total. The van der Waals surface area contributed by atoms with Crippen LogP contribution in [0.15, 0.2) is 83.4 Å². The fourth-order valence-corrected chi connectivity index (χ4v) is 4.15. The Morgan fingerprint density at radius 3 is 2.18 bits per heavy atom. The van der Waals surface area contributed by atoms with Crippen molar-refractivity contribution in [2.75, 3.05) is 18.4 Å². The van der Waals surface area contributed by atoms with Gasteiger partial charge in [-0.15, -0.1) is 0 Å². The molecule has 0 saturated heterocycles. The highest BCUT2D eigenvalue weighted by Crippen LogP contribution is 2.31. The molecule has 1 aromatic carbocycles. The number of halogens is 6. The molecular weight excluding hydrogens is 520 g/mol. The largest absolute Gasteiger partial charge is 0.416 e. The van der Waals surface area contributed by atoms with Gasteiger partial charge in [0.25, 0.3) is 0 Å². The van der Waals surface area contributed by atoms with Gasteiger partial charge in [-0.25, -0.2) is 0 Å². The summed E-state index contributed by atoms with van der Waals surface area (Å²) < 4.78 is 79.0. The number of rotatable bonds is 10. The van der Waals surface area contributed by atoms with Crippen molar-refractivity contribution in [3.63, 3.8) is 0 Å². The molecule has 39 heavy (non-hydrogen) atoms. The Labute approximate surface area is 226 Å². The third kappa shape index (κ3) is 10.1. The lowest BCUT2D eigenvalue weighted by Crippen LogP contribution is -2.48. The normalized spacial score (nSPS) is 19.1. The number of nitrogens with zero attached hydrogens (tertiary/aromatic N) is 1. The number of benzene rings is 1. The van der Waals surface area contributed by atoms with Gasteiger partial charge in [0.15, 0.2) is 0 Å². The van der Waals surface area contributed by atoms with E-state index in [9.17, 15) is 26.3 Å². The van der Waals surface area contributed by atoms with Gasteiger partial charge < -0.3 is 22.1 Å². The smallest absolute Gasteiger partial charge is 0.405 e. The van der Waals surface area contributed by atoms with Crippen molar-refractivity contribution in [3.05, 3.63) is 88.9 Å². The fraction of sp³-hybridized carbons (Fsp3) is 0.429. The van der Waals surface area contributed by atoms with E-state index in [4.69, 9.17) is 11.5 Å². The third-order valence-electron chi connectivity index (χ3n) is 6.16. The van der Waals surface area contributed by atoms with Crippen LogP contribution in [0.5, 0.6) is 0 Å². The van der Waals surface area contributed by atoms with Gasteiger partial charge in [0.05, 0.1) is 5.56 Å². The maximum Gasteiger partial charge on any atom is 0.416 e. The van der Waals surface area contributed by atoms with Crippen LogP contribution in [0.25, 0.3) is 0 Å². The topological polar surface area (TPSA) is 79.3 Å². The van der Waals surface area contributed by atoms with Crippen molar-refractivity contribution in [2.45, 2.75) is 64.6 Å². The summed E-state index contributed by atoms with van der Waals surface area (Å²) in [6, 6.07) is 5.15. The first-order valence-corrected chi connectivity index (χ1v) is 12.6. The molecule has 1 aromatic rings. The van der Waals surface area contributed by atoms with Crippen molar-refractivity contribution >= 4 is 5.69 Å². The van der Waals surface area contributed by atoms with Gasteiger partial charge in [-0.3, -0.25) is 4.90 Å². The molecule has 2 rings (SSSR count). The Hall–Kier alpha value is -3.18. The summed E-state index contributed by atoms with van der Waals surface area (Å²) in [6.07, 6.45) is -1.65. The van der Waals surface area contributed by atoms with Crippen LogP contribution in [-0.2, 0) is 6.18 Å². The molecule has 0 aromatic heterocycles. The van der Waals surface area contributed by atoms with Crippen LogP contribution >= 0.6 is 0 Å². The van der Waals surface area contributed by atoms with E-state index in [1.165, 1.54) is 18.2 Å². The Morgan fingerprint density at radius 2 is 1.67 bits per heavy atom. The summed E-state index contributed by atoms with van der Waals surface area (Å²) in [5.41, 5.74) is 11.2. The predicted molar refractivity (Wildman–Crippen MR) is 144 cm³/mol. The first kappa shape index (κ1) is 32.0. The Kier molecular flexibility index (Phi) is 11.3. The number of anilines is 1. The molecule has 0 bridgehead atoms. The molecular formula is C28H37F6N5. The van der Waals surface area contributed by atoms with Gasteiger partial charge in [0, 0.05) is 60.3 Å². The maximum atomic E-state index is 13.3. The Bertz CT molecular complexity index is 1080. The van der Waals surface area contributed by atoms with Gasteiger partial charge in [-0.1, -0.05) is 12.2 Å². The number of alkyl halides is 6. The van der Waals surface area contributed by atoms with E-state index in [0.29, 0.717) is 30.0 Å². The van der Waals surface area contributed by atoms with Gasteiger partial charge in [-0.2, -0.15) is 26.3 Å². The van der Waals surface area contributed by atoms with Crippen molar-refractivity contribution < 1.29 is 26.3 Å². The molecule has 1 aliphatic rings. The molecule has 6 N–H and O–H groups in total. The summed E-state index contributed by atoms with van der Waals surface area (Å²) in [5.74, 6) is 0. The summed E-state index contributed by atoms with van der Waals surface area (Å²) >= 11 is 0. The number of nitrogens with two attached hydrogens (primary N) is 2. The van der Waals surface area contributed by atoms with Crippen molar-refractivity contribution in [1.82, 2.24) is 10.2 Å². The Morgan fingerprint density at radius 1 is 1.05 bits per heavy atom. The van der Waals surface area contributed by atoms with Gasteiger partial charge in [-0.05, 0) is 82.0 Å². The van der Waals surface area contributed by atoms with Crippen LogP contribution in [-0.4, -0.2) is 42.3 Å². The number of allylic oxidation sites excluding steroid dienone is 5. The van der Waals surface area contributed by atoms with Crippen molar-refractivity contribution in [3.8, 4) is 0 Å². The summed E-state index contributed by atoms with van der Waals surface area (Å²) in [5, 5.41) is 6.58. The molecule has 1 atom stereocenters. The lowest BCUT2D eigenvalue weighted by Gasteiger charge is -2.35. The minimum Gasteiger partial charge on any atom is -0.405 e. The maximum absolute atomic E-state index is 13.3. The number of nitrogens with one attached hydrogen (secondary N) is 2. The first-order chi connectivity index (χ1) is 18.1. The van der Waals surface area contributed by atoms with E-state index in [1.54, 1.807) is 6.08 Å². The van der Waals surface area contributed by atoms with Gasteiger partial charge >= 0.3 is 12.4 Å². The van der Waals surface area contributed by atoms with Crippen LogP contribution < -0.4 is 22.1 Å². The summed E-state index contributed by atoms with van der Waals surface area (Å²) in [7, 11) is 0.